The molecule has 1 fully saturated rings. The molecule has 2 heterocycles. The number of likely N-dealkylation sites (N-methyl/N-ethyl adjacent to an activating group) is 1. The fourth-order valence-corrected chi connectivity index (χ4v) is 1.49. The summed E-state index contributed by atoms with van der Waals surface area (Å²) in [6.45, 7) is 1.92. The predicted octanol–water partition coefficient (Wildman–Crippen LogP) is 0.327. The second-order valence-electron chi connectivity index (χ2n) is 3.40. The number of carbonyl (C=O) groups excluding carboxylic acids is 1. The van der Waals surface area contributed by atoms with Crippen LogP contribution in [-0.2, 0) is 11.8 Å². The molecule has 14 heavy (non-hydrogen) atoms. The van der Waals surface area contributed by atoms with E-state index in [1.165, 1.54) is 6.33 Å². The van der Waals surface area contributed by atoms with E-state index >= 15 is 0 Å². The average molecular weight is 196 g/mol. The lowest BCUT2D eigenvalue weighted by Gasteiger charge is -2.15. The standard InChI is InChI=1S/C8H12N4O2/c1-5-6(14-8(13)11(5)2)7-9-4-10-12(7)3/h4-6H,1-3H3/t5-,6-/m1/s1. The van der Waals surface area contributed by atoms with E-state index in [0.29, 0.717) is 5.82 Å². The Balaban J connectivity index is 2.30. The van der Waals surface area contributed by atoms with Crippen molar-refractivity contribution in [2.75, 3.05) is 7.05 Å². The zero-order chi connectivity index (χ0) is 10.3. The van der Waals surface area contributed by atoms with Crippen molar-refractivity contribution < 1.29 is 9.53 Å². The first kappa shape index (κ1) is 8.98. The minimum Gasteiger partial charge on any atom is -0.436 e. The Hall–Kier alpha value is -1.59. The topological polar surface area (TPSA) is 60.2 Å². The maximum atomic E-state index is 11.2. The molecule has 0 saturated carbocycles. The van der Waals surface area contributed by atoms with Crippen LogP contribution in [0.5, 0.6) is 0 Å². The Morgan fingerprint density at radius 2 is 2.21 bits per heavy atom. The van der Waals surface area contributed by atoms with E-state index in [4.69, 9.17) is 4.74 Å². The van der Waals surface area contributed by atoms with Gasteiger partial charge in [-0.2, -0.15) is 5.10 Å². The van der Waals surface area contributed by atoms with Crippen molar-refractivity contribution in [1.29, 1.82) is 0 Å². The van der Waals surface area contributed by atoms with E-state index in [1.807, 2.05) is 6.92 Å². The van der Waals surface area contributed by atoms with Gasteiger partial charge in [-0.3, -0.25) is 0 Å². The Kier molecular flexibility index (Phi) is 1.90. The van der Waals surface area contributed by atoms with Crippen LogP contribution in [0, 0.1) is 0 Å². The van der Waals surface area contributed by atoms with Gasteiger partial charge in [0.1, 0.15) is 6.33 Å². The molecule has 0 N–H and O–H groups in total. The van der Waals surface area contributed by atoms with E-state index in [1.54, 1.807) is 23.7 Å². The molecule has 6 nitrogen and oxygen atoms in total. The number of rotatable bonds is 1. The lowest BCUT2D eigenvalue weighted by molar-refractivity contribution is 0.125. The summed E-state index contributed by atoms with van der Waals surface area (Å²) in [7, 11) is 3.49. The van der Waals surface area contributed by atoms with Gasteiger partial charge < -0.3 is 9.64 Å². The summed E-state index contributed by atoms with van der Waals surface area (Å²) in [5.74, 6) is 0.676. The molecule has 0 radical (unpaired) electrons. The molecule has 76 valence electrons. The second-order valence-corrected chi connectivity index (χ2v) is 3.40. The molecule has 1 saturated heterocycles. The molecule has 0 spiro atoms. The maximum absolute atomic E-state index is 11.2. The van der Waals surface area contributed by atoms with Crippen LogP contribution in [0.4, 0.5) is 4.79 Å². The van der Waals surface area contributed by atoms with Gasteiger partial charge in [-0.15, -0.1) is 0 Å². The highest BCUT2D eigenvalue weighted by atomic mass is 16.6. The van der Waals surface area contributed by atoms with Crippen LogP contribution in [0.1, 0.15) is 18.9 Å². The van der Waals surface area contributed by atoms with E-state index in [9.17, 15) is 4.79 Å². The molecular weight excluding hydrogens is 184 g/mol. The molecule has 1 amide bonds. The van der Waals surface area contributed by atoms with Crippen molar-refractivity contribution in [3.8, 4) is 0 Å². The van der Waals surface area contributed by atoms with E-state index in [2.05, 4.69) is 10.1 Å². The lowest BCUT2D eigenvalue weighted by Crippen LogP contribution is -2.28. The van der Waals surface area contributed by atoms with Crippen molar-refractivity contribution in [1.82, 2.24) is 19.7 Å². The Labute approximate surface area is 81.5 Å². The van der Waals surface area contributed by atoms with Gasteiger partial charge in [-0.1, -0.05) is 0 Å². The molecule has 1 aromatic heterocycles. The first-order valence-corrected chi connectivity index (χ1v) is 4.38. The fraction of sp³-hybridized carbons (Fsp3) is 0.625. The number of amides is 1. The van der Waals surface area contributed by atoms with Gasteiger partial charge in [0, 0.05) is 14.1 Å². The van der Waals surface area contributed by atoms with Gasteiger partial charge in [0.15, 0.2) is 11.9 Å². The fourth-order valence-electron chi connectivity index (χ4n) is 1.49. The zero-order valence-electron chi connectivity index (χ0n) is 8.34. The van der Waals surface area contributed by atoms with Crippen LogP contribution in [0.25, 0.3) is 0 Å². The summed E-state index contributed by atoms with van der Waals surface area (Å²) < 4.78 is 6.79. The van der Waals surface area contributed by atoms with Crippen molar-refractivity contribution in [3.63, 3.8) is 0 Å². The van der Waals surface area contributed by atoms with E-state index in [0.717, 1.165) is 0 Å². The van der Waals surface area contributed by atoms with Crippen LogP contribution >= 0.6 is 0 Å². The minimum absolute atomic E-state index is 0.00889. The zero-order valence-corrected chi connectivity index (χ0v) is 8.34. The van der Waals surface area contributed by atoms with Crippen molar-refractivity contribution in [3.05, 3.63) is 12.2 Å². The molecule has 1 aliphatic rings. The molecule has 0 aliphatic carbocycles. The molecular formula is C8H12N4O2. The molecule has 0 aromatic carbocycles. The molecule has 0 bridgehead atoms. The predicted molar refractivity (Wildman–Crippen MR) is 47.5 cm³/mol. The number of ether oxygens (including phenoxy) is 1. The van der Waals surface area contributed by atoms with Crippen LogP contribution in [-0.4, -0.2) is 38.8 Å². The number of cyclic esters (lactones) is 1. The summed E-state index contributed by atoms with van der Waals surface area (Å²) in [6, 6.07) is -0.00889. The number of hydrogen-bond acceptors (Lipinski definition) is 4. The number of nitrogens with zero attached hydrogens (tertiary/aromatic N) is 4. The van der Waals surface area contributed by atoms with Gasteiger partial charge >= 0.3 is 6.09 Å². The summed E-state index contributed by atoms with van der Waals surface area (Å²) in [5.41, 5.74) is 0. The number of aromatic nitrogens is 3. The molecule has 2 atom stereocenters. The number of carbonyl (C=O) groups is 1. The Morgan fingerprint density at radius 3 is 2.64 bits per heavy atom. The molecule has 2 rings (SSSR count). The van der Waals surface area contributed by atoms with Crippen LogP contribution in [0.15, 0.2) is 6.33 Å². The van der Waals surface area contributed by atoms with Crippen LogP contribution < -0.4 is 0 Å². The van der Waals surface area contributed by atoms with Crippen LogP contribution in [0.2, 0.25) is 0 Å². The van der Waals surface area contributed by atoms with Gasteiger partial charge in [0.05, 0.1) is 6.04 Å². The second kappa shape index (κ2) is 2.97. The highest BCUT2D eigenvalue weighted by molar-refractivity contribution is 5.70. The SMILES string of the molecule is C[C@@H]1[C@H](c2ncnn2C)OC(=O)N1C. The molecule has 1 aromatic rings. The Bertz CT molecular complexity index is 362. The molecule has 1 aliphatic heterocycles. The van der Waals surface area contributed by atoms with E-state index < -0.39 is 0 Å². The van der Waals surface area contributed by atoms with Gasteiger partial charge in [0.2, 0.25) is 0 Å². The third kappa shape index (κ3) is 1.14. The van der Waals surface area contributed by atoms with Crippen molar-refractivity contribution >= 4 is 6.09 Å². The normalized spacial score (nSPS) is 26.8. The van der Waals surface area contributed by atoms with Gasteiger partial charge in [-0.25, -0.2) is 14.5 Å². The van der Waals surface area contributed by atoms with Crippen LogP contribution in [0.3, 0.4) is 0 Å². The van der Waals surface area contributed by atoms with E-state index in [-0.39, 0.29) is 18.2 Å². The summed E-state index contributed by atoms with van der Waals surface area (Å²) in [5, 5.41) is 3.94. The third-order valence-corrected chi connectivity index (χ3v) is 2.57. The molecule has 6 heteroatoms. The summed E-state index contributed by atoms with van der Waals surface area (Å²) in [4.78, 5) is 16.9. The largest absolute Gasteiger partial charge is 0.436 e. The Morgan fingerprint density at radius 1 is 1.50 bits per heavy atom. The third-order valence-electron chi connectivity index (χ3n) is 2.57. The van der Waals surface area contributed by atoms with Gasteiger partial charge in [-0.05, 0) is 6.92 Å². The van der Waals surface area contributed by atoms with Gasteiger partial charge in [0.25, 0.3) is 0 Å². The van der Waals surface area contributed by atoms with Crippen molar-refractivity contribution in [2.24, 2.45) is 7.05 Å². The quantitative estimate of drug-likeness (QED) is 0.649. The lowest BCUT2D eigenvalue weighted by atomic mass is 10.2. The monoisotopic (exact) mass is 196 g/mol. The summed E-state index contributed by atoms with van der Waals surface area (Å²) >= 11 is 0. The first-order valence-electron chi connectivity index (χ1n) is 4.38. The number of hydrogen-bond donors (Lipinski definition) is 0. The smallest absolute Gasteiger partial charge is 0.410 e. The maximum Gasteiger partial charge on any atom is 0.410 e. The first-order chi connectivity index (χ1) is 6.61. The highest BCUT2D eigenvalue weighted by Crippen LogP contribution is 2.29. The minimum atomic E-state index is -0.319. The number of aryl methyl sites for hydroxylation is 1. The average Bonchev–Trinajstić information content (AvgIpc) is 2.66. The summed E-state index contributed by atoms with van der Waals surface area (Å²) in [6.07, 6.45) is 0.819. The molecule has 0 unspecified atom stereocenters. The van der Waals surface area contributed by atoms with Crippen molar-refractivity contribution in [2.45, 2.75) is 19.1 Å². The highest BCUT2D eigenvalue weighted by Gasteiger charge is 2.39.